The van der Waals surface area contributed by atoms with Crippen molar-refractivity contribution in [2.24, 2.45) is 0 Å². The van der Waals surface area contributed by atoms with Crippen LogP contribution in [0.25, 0.3) is 11.1 Å². The molecule has 2 heteroatoms. The largest absolute Gasteiger partial charge is 0.507 e. The molecule has 0 saturated heterocycles. The molecule has 0 atom stereocenters. The van der Waals surface area contributed by atoms with Crippen molar-refractivity contribution in [1.29, 1.82) is 0 Å². The van der Waals surface area contributed by atoms with Crippen LogP contribution < -0.4 is 0 Å². The third-order valence-corrected chi connectivity index (χ3v) is 2.60. The summed E-state index contributed by atoms with van der Waals surface area (Å²) >= 11 is 0. The SMILES string of the molecule is CC.CC.Cc1ccc(-c2ccc(C)cc2O)c(O)c1. The average Bonchev–Trinajstić information content (AvgIpc) is 2.44. The van der Waals surface area contributed by atoms with E-state index in [9.17, 15) is 10.2 Å². The van der Waals surface area contributed by atoms with Crippen molar-refractivity contribution < 1.29 is 10.2 Å². The molecule has 0 bridgehead atoms. The normalized spacial score (nSPS) is 8.90. The fourth-order valence-corrected chi connectivity index (χ4v) is 1.74. The van der Waals surface area contributed by atoms with Crippen LogP contribution in [0.4, 0.5) is 0 Å². The van der Waals surface area contributed by atoms with E-state index >= 15 is 0 Å². The first kappa shape index (κ1) is 18.0. The van der Waals surface area contributed by atoms with E-state index in [-0.39, 0.29) is 11.5 Å². The number of hydrogen-bond donors (Lipinski definition) is 2. The summed E-state index contributed by atoms with van der Waals surface area (Å²) in [5, 5.41) is 19.7. The first-order valence-electron chi connectivity index (χ1n) is 7.17. The van der Waals surface area contributed by atoms with E-state index in [1.807, 2.05) is 65.8 Å². The molecule has 0 heterocycles. The quantitative estimate of drug-likeness (QED) is 0.727. The van der Waals surface area contributed by atoms with Crippen molar-refractivity contribution in [2.75, 3.05) is 0 Å². The number of aromatic hydroxyl groups is 2. The van der Waals surface area contributed by atoms with Crippen LogP contribution in [0.5, 0.6) is 11.5 Å². The van der Waals surface area contributed by atoms with Crippen LogP contribution in [-0.2, 0) is 0 Å². The van der Waals surface area contributed by atoms with Gasteiger partial charge in [-0.15, -0.1) is 0 Å². The van der Waals surface area contributed by atoms with Gasteiger partial charge in [-0.05, 0) is 37.1 Å². The fourth-order valence-electron chi connectivity index (χ4n) is 1.74. The molecule has 110 valence electrons. The molecule has 0 unspecified atom stereocenters. The minimum atomic E-state index is 0.194. The summed E-state index contributed by atoms with van der Waals surface area (Å²) in [5.41, 5.74) is 3.30. The third kappa shape index (κ3) is 4.61. The highest BCUT2D eigenvalue weighted by Gasteiger charge is 2.08. The number of rotatable bonds is 1. The number of phenols is 2. The van der Waals surface area contributed by atoms with Crippen molar-refractivity contribution in [2.45, 2.75) is 41.5 Å². The van der Waals surface area contributed by atoms with Crippen molar-refractivity contribution >= 4 is 0 Å². The molecule has 2 aromatic rings. The van der Waals surface area contributed by atoms with E-state index in [1.54, 1.807) is 12.1 Å². The highest BCUT2D eigenvalue weighted by atomic mass is 16.3. The molecule has 0 saturated carbocycles. The summed E-state index contributed by atoms with van der Waals surface area (Å²) in [7, 11) is 0. The van der Waals surface area contributed by atoms with Gasteiger partial charge in [0.15, 0.2) is 0 Å². The molecule has 0 radical (unpaired) electrons. The maximum atomic E-state index is 9.83. The molecular formula is C18H26O2. The average molecular weight is 274 g/mol. The van der Waals surface area contributed by atoms with Gasteiger partial charge < -0.3 is 10.2 Å². The molecule has 0 aromatic heterocycles. The smallest absolute Gasteiger partial charge is 0.123 e. The molecule has 0 aliphatic carbocycles. The molecule has 2 nitrogen and oxygen atoms in total. The standard InChI is InChI=1S/C14H14O2.2C2H6/c1-9-3-5-11(13(15)7-9)12-6-4-10(2)8-14(12)16;2*1-2/h3-8,15-16H,1-2H3;2*1-2H3. The highest BCUT2D eigenvalue weighted by Crippen LogP contribution is 2.35. The zero-order chi connectivity index (χ0) is 15.7. The molecule has 2 N–H and O–H groups in total. The lowest BCUT2D eigenvalue weighted by Gasteiger charge is -2.08. The van der Waals surface area contributed by atoms with Crippen LogP contribution in [0, 0.1) is 13.8 Å². The van der Waals surface area contributed by atoms with E-state index in [2.05, 4.69) is 0 Å². The van der Waals surface area contributed by atoms with Crippen molar-refractivity contribution in [3.05, 3.63) is 47.5 Å². The van der Waals surface area contributed by atoms with Crippen molar-refractivity contribution in [1.82, 2.24) is 0 Å². The second-order valence-electron chi connectivity index (χ2n) is 4.04. The summed E-state index contributed by atoms with van der Waals surface area (Å²) in [5.74, 6) is 0.387. The summed E-state index contributed by atoms with van der Waals surface area (Å²) in [6.45, 7) is 11.8. The van der Waals surface area contributed by atoms with Crippen molar-refractivity contribution in [3.63, 3.8) is 0 Å². The van der Waals surface area contributed by atoms with Gasteiger partial charge in [0.2, 0.25) is 0 Å². The Morgan fingerprint density at radius 2 is 0.900 bits per heavy atom. The van der Waals surface area contributed by atoms with Gasteiger partial charge in [0, 0.05) is 11.1 Å². The summed E-state index contributed by atoms with van der Waals surface area (Å²) in [6.07, 6.45) is 0. The molecule has 2 aromatic carbocycles. The predicted octanol–water partition coefficient (Wildman–Crippen LogP) is 5.43. The van der Waals surface area contributed by atoms with E-state index < -0.39 is 0 Å². The van der Waals surface area contributed by atoms with Gasteiger partial charge in [0.25, 0.3) is 0 Å². The Bertz CT molecular complexity index is 481. The van der Waals surface area contributed by atoms with E-state index in [1.165, 1.54) is 0 Å². The molecular weight excluding hydrogens is 248 g/mol. The van der Waals surface area contributed by atoms with Crippen LogP contribution in [0.1, 0.15) is 38.8 Å². The molecule has 20 heavy (non-hydrogen) atoms. The predicted molar refractivity (Wildman–Crippen MR) is 87.4 cm³/mol. The Labute approximate surface area is 122 Å². The minimum absolute atomic E-state index is 0.194. The summed E-state index contributed by atoms with van der Waals surface area (Å²) in [6, 6.07) is 10.8. The minimum Gasteiger partial charge on any atom is -0.507 e. The maximum Gasteiger partial charge on any atom is 0.123 e. The Balaban J connectivity index is 0.000000829. The van der Waals surface area contributed by atoms with E-state index in [0.29, 0.717) is 11.1 Å². The Morgan fingerprint density at radius 3 is 1.15 bits per heavy atom. The van der Waals surface area contributed by atoms with E-state index in [0.717, 1.165) is 11.1 Å². The number of hydrogen-bond acceptors (Lipinski definition) is 2. The second-order valence-corrected chi connectivity index (χ2v) is 4.04. The van der Waals surface area contributed by atoms with Gasteiger partial charge in [-0.25, -0.2) is 0 Å². The number of benzene rings is 2. The van der Waals surface area contributed by atoms with Crippen molar-refractivity contribution in [3.8, 4) is 22.6 Å². The van der Waals surface area contributed by atoms with Gasteiger partial charge in [-0.1, -0.05) is 52.0 Å². The van der Waals surface area contributed by atoms with Crippen LogP contribution in [0.15, 0.2) is 36.4 Å². The zero-order valence-electron chi connectivity index (χ0n) is 13.4. The van der Waals surface area contributed by atoms with Gasteiger partial charge in [-0.2, -0.15) is 0 Å². The first-order valence-corrected chi connectivity index (χ1v) is 7.17. The summed E-state index contributed by atoms with van der Waals surface area (Å²) in [4.78, 5) is 0. The van der Waals surface area contributed by atoms with Gasteiger partial charge in [0.1, 0.15) is 11.5 Å². The number of aryl methyl sites for hydroxylation is 2. The molecule has 0 fully saturated rings. The lowest BCUT2D eigenvalue weighted by atomic mass is 10.0. The number of phenolic OH excluding ortho intramolecular Hbond substituents is 2. The monoisotopic (exact) mass is 274 g/mol. The van der Waals surface area contributed by atoms with Gasteiger partial charge in [-0.3, -0.25) is 0 Å². The van der Waals surface area contributed by atoms with Crippen LogP contribution in [0.2, 0.25) is 0 Å². The lowest BCUT2D eigenvalue weighted by molar-refractivity contribution is 0.468. The van der Waals surface area contributed by atoms with Crippen LogP contribution in [-0.4, -0.2) is 10.2 Å². The van der Waals surface area contributed by atoms with Gasteiger partial charge in [0.05, 0.1) is 0 Å². The Hall–Kier alpha value is -1.96. The molecule has 0 spiro atoms. The maximum absolute atomic E-state index is 9.83. The van der Waals surface area contributed by atoms with Gasteiger partial charge >= 0.3 is 0 Å². The van der Waals surface area contributed by atoms with E-state index in [4.69, 9.17) is 0 Å². The van der Waals surface area contributed by atoms with Crippen LogP contribution >= 0.6 is 0 Å². The fraction of sp³-hybridized carbons (Fsp3) is 0.333. The Morgan fingerprint density at radius 1 is 0.600 bits per heavy atom. The molecule has 0 aliphatic rings. The molecule has 0 aliphatic heterocycles. The first-order chi connectivity index (χ1) is 9.58. The second kappa shape index (κ2) is 9.03. The Kier molecular flexibility index (Phi) is 8.14. The molecule has 0 amide bonds. The topological polar surface area (TPSA) is 40.5 Å². The third-order valence-electron chi connectivity index (χ3n) is 2.60. The lowest BCUT2D eigenvalue weighted by Crippen LogP contribution is -1.83. The summed E-state index contributed by atoms with van der Waals surface area (Å²) < 4.78 is 0. The van der Waals surface area contributed by atoms with Crippen LogP contribution in [0.3, 0.4) is 0 Å². The zero-order valence-corrected chi connectivity index (χ0v) is 13.4. The molecule has 2 rings (SSSR count). The highest BCUT2D eigenvalue weighted by molar-refractivity contribution is 5.75.